The molecule has 100 valence electrons. The summed E-state index contributed by atoms with van der Waals surface area (Å²) in [6, 6.07) is 8.30. The molecule has 1 aromatic rings. The van der Waals surface area contributed by atoms with Gasteiger partial charge in [0.25, 0.3) is 0 Å². The van der Waals surface area contributed by atoms with Crippen LogP contribution in [0.2, 0.25) is 0 Å². The molecule has 3 nitrogen and oxygen atoms in total. The van der Waals surface area contributed by atoms with E-state index in [1.54, 1.807) is 11.8 Å². The average molecular weight is 267 g/mol. The van der Waals surface area contributed by atoms with E-state index in [4.69, 9.17) is 5.11 Å². The first kappa shape index (κ1) is 15.1. The van der Waals surface area contributed by atoms with Crippen LogP contribution in [-0.2, 0) is 11.3 Å². The Morgan fingerprint density at radius 3 is 2.39 bits per heavy atom. The molecule has 0 heterocycles. The minimum Gasteiger partial charge on any atom is -0.480 e. The number of carboxylic acid groups (broad SMARTS) is 1. The Labute approximate surface area is 113 Å². The molecule has 0 aromatic heterocycles. The number of hydrogen-bond acceptors (Lipinski definition) is 3. The monoisotopic (exact) mass is 267 g/mol. The van der Waals surface area contributed by atoms with Crippen LogP contribution in [0.4, 0.5) is 0 Å². The Hall–Kier alpha value is -1.00. The summed E-state index contributed by atoms with van der Waals surface area (Å²) in [7, 11) is 0. The summed E-state index contributed by atoms with van der Waals surface area (Å²) in [6.45, 7) is 5.80. The highest BCUT2D eigenvalue weighted by Crippen LogP contribution is 2.16. The van der Waals surface area contributed by atoms with E-state index in [0.717, 1.165) is 12.1 Å². The molecule has 0 atom stereocenters. The van der Waals surface area contributed by atoms with E-state index in [9.17, 15) is 4.79 Å². The summed E-state index contributed by atoms with van der Waals surface area (Å²) < 4.78 is 0. The van der Waals surface area contributed by atoms with Gasteiger partial charge in [0, 0.05) is 18.0 Å². The molecule has 1 aromatic carbocycles. The van der Waals surface area contributed by atoms with Crippen LogP contribution in [0.3, 0.4) is 0 Å². The third-order valence-corrected chi connectivity index (χ3v) is 3.29. The second-order valence-corrected chi connectivity index (χ2v) is 5.68. The highest BCUT2D eigenvalue weighted by molar-refractivity contribution is 7.98. The van der Waals surface area contributed by atoms with Gasteiger partial charge in [-0.25, -0.2) is 0 Å². The molecule has 18 heavy (non-hydrogen) atoms. The zero-order chi connectivity index (χ0) is 13.5. The number of thioether (sulfide) groups is 1. The second kappa shape index (κ2) is 7.44. The Kier molecular flexibility index (Phi) is 6.22. The lowest BCUT2D eigenvalue weighted by atomic mass is 10.1. The molecule has 0 bridgehead atoms. The fraction of sp³-hybridized carbons (Fsp3) is 0.500. The molecular weight excluding hydrogens is 246 g/mol. The van der Waals surface area contributed by atoms with Crippen LogP contribution >= 0.6 is 11.8 Å². The van der Waals surface area contributed by atoms with Crippen LogP contribution in [0.15, 0.2) is 29.2 Å². The Morgan fingerprint density at radius 1 is 1.33 bits per heavy atom. The van der Waals surface area contributed by atoms with E-state index in [1.807, 2.05) is 11.2 Å². The summed E-state index contributed by atoms with van der Waals surface area (Å²) in [5.41, 5.74) is 1.16. The van der Waals surface area contributed by atoms with Crippen molar-refractivity contribution < 1.29 is 9.90 Å². The van der Waals surface area contributed by atoms with Crippen LogP contribution in [0.1, 0.15) is 19.4 Å². The fourth-order valence-corrected chi connectivity index (χ4v) is 2.29. The van der Waals surface area contributed by atoms with Gasteiger partial charge in [-0.05, 0) is 29.9 Å². The van der Waals surface area contributed by atoms with Crippen molar-refractivity contribution in [3.63, 3.8) is 0 Å². The number of carbonyl (C=O) groups is 1. The van der Waals surface area contributed by atoms with Crippen molar-refractivity contribution in [1.29, 1.82) is 0 Å². The lowest BCUT2D eigenvalue weighted by molar-refractivity contribution is -0.138. The smallest absolute Gasteiger partial charge is 0.317 e. The third kappa shape index (κ3) is 5.56. The van der Waals surface area contributed by atoms with Gasteiger partial charge in [0.15, 0.2) is 0 Å². The molecule has 0 saturated heterocycles. The van der Waals surface area contributed by atoms with E-state index in [1.165, 1.54) is 4.90 Å². The number of hydrogen-bond donors (Lipinski definition) is 1. The van der Waals surface area contributed by atoms with Crippen molar-refractivity contribution in [2.24, 2.45) is 5.92 Å². The highest BCUT2D eigenvalue weighted by atomic mass is 32.2. The topological polar surface area (TPSA) is 40.5 Å². The first-order chi connectivity index (χ1) is 8.51. The standard InChI is InChI=1S/C14H21NO2S/c1-11(2)8-15(10-14(16)17)9-12-4-6-13(18-3)7-5-12/h4-7,11H,8-10H2,1-3H3,(H,16,17). The summed E-state index contributed by atoms with van der Waals surface area (Å²) in [5.74, 6) is -0.300. The van der Waals surface area contributed by atoms with Gasteiger partial charge in [0.05, 0.1) is 6.54 Å². The number of carboxylic acids is 1. The number of nitrogens with zero attached hydrogens (tertiary/aromatic N) is 1. The molecular formula is C14H21NO2S. The molecule has 0 radical (unpaired) electrons. The minimum atomic E-state index is -0.767. The van der Waals surface area contributed by atoms with Gasteiger partial charge >= 0.3 is 5.97 Å². The number of rotatable bonds is 7. The van der Waals surface area contributed by atoms with Gasteiger partial charge < -0.3 is 5.11 Å². The number of aliphatic carboxylic acids is 1. The minimum absolute atomic E-state index is 0.0997. The van der Waals surface area contributed by atoms with Crippen LogP contribution < -0.4 is 0 Å². The van der Waals surface area contributed by atoms with Crippen LogP contribution in [0, 0.1) is 5.92 Å². The second-order valence-electron chi connectivity index (χ2n) is 4.81. The molecule has 0 saturated carbocycles. The first-order valence-electron chi connectivity index (χ1n) is 6.08. The molecule has 0 aliphatic carbocycles. The summed E-state index contributed by atoms with van der Waals surface area (Å²) in [6.07, 6.45) is 2.05. The molecule has 0 aliphatic rings. The predicted molar refractivity (Wildman–Crippen MR) is 76.0 cm³/mol. The van der Waals surface area contributed by atoms with Gasteiger partial charge in [0.2, 0.25) is 0 Å². The highest BCUT2D eigenvalue weighted by Gasteiger charge is 2.11. The van der Waals surface area contributed by atoms with Crippen molar-refractivity contribution in [3.8, 4) is 0 Å². The van der Waals surface area contributed by atoms with Gasteiger partial charge in [-0.1, -0.05) is 26.0 Å². The molecule has 0 amide bonds. The molecule has 1 N–H and O–H groups in total. The zero-order valence-corrected chi connectivity index (χ0v) is 12.0. The molecule has 0 fully saturated rings. The van der Waals surface area contributed by atoms with E-state index >= 15 is 0 Å². The van der Waals surface area contributed by atoms with Crippen molar-refractivity contribution in [2.45, 2.75) is 25.3 Å². The zero-order valence-electron chi connectivity index (χ0n) is 11.2. The van der Waals surface area contributed by atoms with Gasteiger partial charge in [-0.2, -0.15) is 0 Å². The lowest BCUT2D eigenvalue weighted by Crippen LogP contribution is -2.32. The predicted octanol–water partition coefficient (Wildman–Crippen LogP) is 2.95. The maximum atomic E-state index is 10.8. The lowest BCUT2D eigenvalue weighted by Gasteiger charge is -2.22. The maximum absolute atomic E-state index is 10.8. The first-order valence-corrected chi connectivity index (χ1v) is 7.30. The van der Waals surface area contributed by atoms with Gasteiger partial charge in [-0.15, -0.1) is 11.8 Å². The largest absolute Gasteiger partial charge is 0.480 e. The summed E-state index contributed by atoms with van der Waals surface area (Å²) in [4.78, 5) is 14.0. The average Bonchev–Trinajstić information content (AvgIpc) is 2.28. The maximum Gasteiger partial charge on any atom is 0.317 e. The molecule has 0 aliphatic heterocycles. The van der Waals surface area contributed by atoms with Crippen molar-refractivity contribution >= 4 is 17.7 Å². The molecule has 1 rings (SSSR count). The number of benzene rings is 1. The molecule has 4 heteroatoms. The van der Waals surface area contributed by atoms with E-state index in [2.05, 4.69) is 38.1 Å². The Balaban J connectivity index is 2.65. The summed E-state index contributed by atoms with van der Waals surface area (Å²) >= 11 is 1.71. The summed E-state index contributed by atoms with van der Waals surface area (Å²) in [5, 5.41) is 8.91. The van der Waals surface area contributed by atoms with Crippen LogP contribution in [-0.4, -0.2) is 35.3 Å². The van der Waals surface area contributed by atoms with Gasteiger partial charge in [-0.3, -0.25) is 9.69 Å². The van der Waals surface area contributed by atoms with Crippen LogP contribution in [0.5, 0.6) is 0 Å². The quantitative estimate of drug-likeness (QED) is 0.771. The third-order valence-electron chi connectivity index (χ3n) is 2.55. The molecule has 0 spiro atoms. The van der Waals surface area contributed by atoms with Crippen LogP contribution in [0.25, 0.3) is 0 Å². The van der Waals surface area contributed by atoms with Crippen molar-refractivity contribution in [1.82, 2.24) is 4.90 Å². The SMILES string of the molecule is CSc1ccc(CN(CC(=O)O)CC(C)C)cc1. The van der Waals surface area contributed by atoms with E-state index in [0.29, 0.717) is 12.5 Å². The van der Waals surface area contributed by atoms with E-state index in [-0.39, 0.29) is 6.54 Å². The molecule has 0 unspecified atom stereocenters. The van der Waals surface area contributed by atoms with E-state index < -0.39 is 5.97 Å². The fourth-order valence-electron chi connectivity index (χ4n) is 1.88. The van der Waals surface area contributed by atoms with Crippen molar-refractivity contribution in [3.05, 3.63) is 29.8 Å². The van der Waals surface area contributed by atoms with Crippen molar-refractivity contribution in [2.75, 3.05) is 19.3 Å². The Bertz CT molecular complexity index is 376. The van der Waals surface area contributed by atoms with Gasteiger partial charge in [0.1, 0.15) is 0 Å². The Morgan fingerprint density at radius 2 is 1.94 bits per heavy atom. The normalized spacial score (nSPS) is 11.2.